The van der Waals surface area contributed by atoms with E-state index in [0.717, 1.165) is 36.1 Å². The molecule has 2 rings (SSSR count). The summed E-state index contributed by atoms with van der Waals surface area (Å²) in [7, 11) is 0. The lowest BCUT2D eigenvalue weighted by Gasteiger charge is -2.11. The van der Waals surface area contributed by atoms with Gasteiger partial charge in [-0.1, -0.05) is 29.8 Å². The molecular formula is C17H21ClN4. The second-order valence-electron chi connectivity index (χ2n) is 4.86. The molecule has 116 valence electrons. The predicted molar refractivity (Wildman–Crippen MR) is 92.2 cm³/mol. The van der Waals surface area contributed by atoms with Crippen molar-refractivity contribution in [2.24, 2.45) is 4.99 Å². The van der Waals surface area contributed by atoms with Crippen molar-refractivity contribution in [3.8, 4) is 0 Å². The Bertz CT molecular complexity index is 599. The van der Waals surface area contributed by atoms with Crippen molar-refractivity contribution in [1.82, 2.24) is 15.6 Å². The van der Waals surface area contributed by atoms with Crippen LogP contribution in [0.5, 0.6) is 0 Å². The van der Waals surface area contributed by atoms with Crippen molar-refractivity contribution in [1.29, 1.82) is 0 Å². The highest BCUT2D eigenvalue weighted by molar-refractivity contribution is 6.30. The lowest BCUT2D eigenvalue weighted by atomic mass is 10.2. The number of rotatable bonds is 6. The first kappa shape index (κ1) is 16.3. The zero-order valence-corrected chi connectivity index (χ0v) is 13.5. The van der Waals surface area contributed by atoms with Gasteiger partial charge in [-0.25, -0.2) is 4.99 Å². The quantitative estimate of drug-likeness (QED) is 0.636. The molecule has 4 nitrogen and oxygen atoms in total. The van der Waals surface area contributed by atoms with Crippen molar-refractivity contribution >= 4 is 17.6 Å². The number of pyridine rings is 1. The first-order valence-corrected chi connectivity index (χ1v) is 7.81. The molecule has 22 heavy (non-hydrogen) atoms. The van der Waals surface area contributed by atoms with E-state index in [1.807, 2.05) is 36.5 Å². The fraction of sp³-hybridized carbons (Fsp3) is 0.294. The van der Waals surface area contributed by atoms with E-state index in [1.54, 1.807) is 6.20 Å². The number of halogens is 1. The number of aromatic nitrogens is 1. The maximum atomic E-state index is 5.99. The van der Waals surface area contributed by atoms with E-state index >= 15 is 0 Å². The molecule has 1 heterocycles. The molecule has 0 aliphatic carbocycles. The van der Waals surface area contributed by atoms with Gasteiger partial charge in [-0.15, -0.1) is 0 Å². The smallest absolute Gasteiger partial charge is 0.191 e. The summed E-state index contributed by atoms with van der Waals surface area (Å²) in [5.41, 5.74) is 2.30. The lowest BCUT2D eigenvalue weighted by Crippen LogP contribution is -2.38. The predicted octanol–water partition coefficient (Wildman–Crippen LogP) is 3.03. The van der Waals surface area contributed by atoms with E-state index in [1.165, 1.54) is 5.56 Å². The molecule has 0 bridgehead atoms. The van der Waals surface area contributed by atoms with E-state index in [2.05, 4.69) is 33.6 Å². The zero-order valence-electron chi connectivity index (χ0n) is 12.7. The minimum absolute atomic E-state index is 0.600. The summed E-state index contributed by atoms with van der Waals surface area (Å²) in [6.45, 7) is 4.29. The first-order chi connectivity index (χ1) is 10.8. The van der Waals surface area contributed by atoms with Crippen LogP contribution in [-0.2, 0) is 13.0 Å². The van der Waals surface area contributed by atoms with Gasteiger partial charge in [0.05, 0.1) is 6.54 Å². The molecule has 0 aliphatic rings. The molecule has 0 saturated carbocycles. The molecular weight excluding hydrogens is 296 g/mol. The van der Waals surface area contributed by atoms with Crippen molar-refractivity contribution in [2.75, 3.05) is 13.1 Å². The van der Waals surface area contributed by atoms with Gasteiger partial charge in [-0.2, -0.15) is 0 Å². The summed E-state index contributed by atoms with van der Waals surface area (Å²) in [5.74, 6) is 0.811. The van der Waals surface area contributed by atoms with E-state index in [9.17, 15) is 0 Å². The van der Waals surface area contributed by atoms with Crippen LogP contribution in [0.25, 0.3) is 0 Å². The highest BCUT2D eigenvalue weighted by atomic mass is 35.5. The molecule has 1 aromatic heterocycles. The second kappa shape index (κ2) is 9.05. The number of aliphatic imine (C=N–C) groups is 1. The molecule has 0 fully saturated rings. The van der Waals surface area contributed by atoms with Crippen molar-refractivity contribution < 1.29 is 0 Å². The topological polar surface area (TPSA) is 49.3 Å². The van der Waals surface area contributed by atoms with Crippen molar-refractivity contribution in [3.63, 3.8) is 0 Å². The molecule has 0 amide bonds. The zero-order chi connectivity index (χ0) is 15.6. The third-order valence-electron chi connectivity index (χ3n) is 3.08. The molecule has 5 heteroatoms. The number of guanidine groups is 1. The van der Waals surface area contributed by atoms with Gasteiger partial charge in [0, 0.05) is 30.5 Å². The Hall–Kier alpha value is -2.07. The van der Waals surface area contributed by atoms with Gasteiger partial charge in [0.25, 0.3) is 0 Å². The Balaban J connectivity index is 1.87. The highest BCUT2D eigenvalue weighted by Crippen LogP contribution is 2.11. The number of benzene rings is 1. The van der Waals surface area contributed by atoms with Gasteiger partial charge in [0.15, 0.2) is 5.96 Å². The van der Waals surface area contributed by atoms with E-state index < -0.39 is 0 Å². The van der Waals surface area contributed by atoms with Crippen LogP contribution in [-0.4, -0.2) is 24.0 Å². The van der Waals surface area contributed by atoms with E-state index in [0.29, 0.717) is 6.54 Å². The molecule has 0 atom stereocenters. The Morgan fingerprint density at radius 3 is 2.77 bits per heavy atom. The Morgan fingerprint density at radius 2 is 2.05 bits per heavy atom. The largest absolute Gasteiger partial charge is 0.357 e. The van der Waals surface area contributed by atoms with E-state index in [-0.39, 0.29) is 0 Å². The molecule has 2 aromatic rings. The molecule has 2 N–H and O–H groups in total. The number of hydrogen-bond acceptors (Lipinski definition) is 2. The SMILES string of the molecule is CCNC(=NCc1cccc(Cl)c1)NCCc1cccnc1. The minimum atomic E-state index is 0.600. The van der Waals surface area contributed by atoms with Gasteiger partial charge < -0.3 is 10.6 Å². The number of hydrogen-bond donors (Lipinski definition) is 2. The average molecular weight is 317 g/mol. The monoisotopic (exact) mass is 316 g/mol. The average Bonchev–Trinajstić information content (AvgIpc) is 2.54. The molecule has 0 radical (unpaired) electrons. The highest BCUT2D eigenvalue weighted by Gasteiger charge is 1.99. The summed E-state index contributed by atoms with van der Waals surface area (Å²) >= 11 is 5.99. The van der Waals surface area contributed by atoms with Crippen LogP contribution in [0.3, 0.4) is 0 Å². The summed E-state index contributed by atoms with van der Waals surface area (Å²) in [5, 5.41) is 7.31. The Labute approximate surface area is 136 Å². The molecule has 0 saturated heterocycles. The summed E-state index contributed by atoms with van der Waals surface area (Å²) < 4.78 is 0. The normalized spacial score (nSPS) is 11.3. The third-order valence-corrected chi connectivity index (χ3v) is 3.32. The fourth-order valence-corrected chi connectivity index (χ4v) is 2.23. The summed E-state index contributed by atoms with van der Waals surface area (Å²) in [4.78, 5) is 8.69. The van der Waals surface area contributed by atoms with Crippen LogP contribution in [0.2, 0.25) is 5.02 Å². The maximum absolute atomic E-state index is 5.99. The molecule has 1 aromatic carbocycles. The molecule has 0 unspecified atom stereocenters. The third kappa shape index (κ3) is 5.74. The minimum Gasteiger partial charge on any atom is -0.357 e. The van der Waals surface area contributed by atoms with Gasteiger partial charge in [-0.05, 0) is 42.7 Å². The molecule has 0 aliphatic heterocycles. The molecule has 0 spiro atoms. The van der Waals surface area contributed by atoms with Gasteiger partial charge >= 0.3 is 0 Å². The summed E-state index contributed by atoms with van der Waals surface area (Å²) in [6, 6.07) is 11.8. The van der Waals surface area contributed by atoms with Crippen LogP contribution >= 0.6 is 11.6 Å². The Morgan fingerprint density at radius 1 is 1.18 bits per heavy atom. The standard InChI is InChI=1S/C17H21ClN4/c1-2-20-17(21-10-8-14-6-4-9-19-12-14)22-13-15-5-3-7-16(18)11-15/h3-7,9,11-12H,2,8,10,13H2,1H3,(H2,20,21,22). The van der Waals surface area contributed by atoms with Gasteiger partial charge in [0.2, 0.25) is 0 Å². The van der Waals surface area contributed by atoms with Crippen LogP contribution < -0.4 is 10.6 Å². The van der Waals surface area contributed by atoms with E-state index in [4.69, 9.17) is 11.6 Å². The van der Waals surface area contributed by atoms with Gasteiger partial charge in [-0.3, -0.25) is 4.98 Å². The van der Waals surface area contributed by atoms with Crippen LogP contribution in [0.4, 0.5) is 0 Å². The van der Waals surface area contributed by atoms with Crippen LogP contribution in [0, 0.1) is 0 Å². The first-order valence-electron chi connectivity index (χ1n) is 7.43. The van der Waals surface area contributed by atoms with Crippen molar-refractivity contribution in [3.05, 3.63) is 64.9 Å². The van der Waals surface area contributed by atoms with Crippen LogP contribution in [0.15, 0.2) is 53.8 Å². The summed E-state index contributed by atoms with van der Waals surface area (Å²) in [6.07, 6.45) is 4.58. The van der Waals surface area contributed by atoms with Crippen LogP contribution in [0.1, 0.15) is 18.1 Å². The fourth-order valence-electron chi connectivity index (χ4n) is 2.02. The Kier molecular flexibility index (Phi) is 6.71. The van der Waals surface area contributed by atoms with Gasteiger partial charge in [0.1, 0.15) is 0 Å². The second-order valence-corrected chi connectivity index (χ2v) is 5.30. The maximum Gasteiger partial charge on any atom is 0.191 e. The number of nitrogens with one attached hydrogen (secondary N) is 2. The van der Waals surface area contributed by atoms with Crippen molar-refractivity contribution in [2.45, 2.75) is 19.9 Å². The lowest BCUT2D eigenvalue weighted by molar-refractivity contribution is 0.798. The number of nitrogens with zero attached hydrogens (tertiary/aromatic N) is 2.